The Bertz CT molecular complexity index is 972. The number of Topliss-reactive ketones (excluding diaryl/α,β-unsaturated/α-hetero) is 1. The third-order valence-corrected chi connectivity index (χ3v) is 6.62. The number of rotatable bonds is 10. The van der Waals surface area contributed by atoms with Crippen LogP contribution in [0.4, 0.5) is 26.3 Å². The number of aliphatic imine (C=N–C) groups is 1. The fraction of sp³-hybridized carbons (Fsp3) is 0.538. The number of benzene rings is 1. The number of nitrogens with zero attached hydrogens (tertiary/aromatic N) is 1. The monoisotopic (exact) mass is 487 g/mol. The standard InChI is InChI=1S/C26H31F6NO/c1-6-8-23(26(30,31)32)33-18(5)24(15-20(24)7-2)12-11-22(34)21-13-16(3)9-10-19(21)14-17(4)25(27,28)29/h6,8-10,13,17,20H,5,7,11-12,14-15H2,1-4H3/b8-6-,33-23?. The van der Waals surface area contributed by atoms with Crippen molar-refractivity contribution in [3.05, 3.63) is 59.3 Å². The van der Waals surface area contributed by atoms with E-state index >= 15 is 0 Å². The van der Waals surface area contributed by atoms with Gasteiger partial charge >= 0.3 is 12.4 Å². The van der Waals surface area contributed by atoms with Crippen molar-refractivity contribution in [3.63, 3.8) is 0 Å². The quantitative estimate of drug-likeness (QED) is 0.186. The van der Waals surface area contributed by atoms with Gasteiger partial charge in [-0.2, -0.15) is 26.3 Å². The van der Waals surface area contributed by atoms with E-state index in [0.29, 0.717) is 18.4 Å². The van der Waals surface area contributed by atoms with Gasteiger partial charge in [0.25, 0.3) is 0 Å². The summed E-state index contributed by atoms with van der Waals surface area (Å²) in [5, 5.41) is 0. The van der Waals surface area contributed by atoms with E-state index in [0.717, 1.165) is 18.6 Å². The number of alkyl halides is 6. The minimum atomic E-state index is -4.63. The maximum Gasteiger partial charge on any atom is 0.433 e. The number of hydrogen-bond donors (Lipinski definition) is 0. The lowest BCUT2D eigenvalue weighted by molar-refractivity contribution is -0.169. The lowest BCUT2D eigenvalue weighted by atomic mass is 9.87. The van der Waals surface area contributed by atoms with E-state index in [1.165, 1.54) is 13.0 Å². The largest absolute Gasteiger partial charge is 0.433 e. The van der Waals surface area contributed by atoms with Gasteiger partial charge in [0.1, 0.15) is 5.71 Å². The second-order valence-electron chi connectivity index (χ2n) is 9.14. The van der Waals surface area contributed by atoms with Crippen molar-refractivity contribution < 1.29 is 31.1 Å². The molecule has 0 radical (unpaired) electrons. The Morgan fingerprint density at radius 1 is 1.26 bits per heavy atom. The second kappa shape index (κ2) is 10.5. The van der Waals surface area contributed by atoms with Crippen LogP contribution in [0.3, 0.4) is 0 Å². The molecule has 0 amide bonds. The van der Waals surface area contributed by atoms with Crippen LogP contribution in [0.15, 0.2) is 47.6 Å². The zero-order valence-corrected chi connectivity index (χ0v) is 19.9. The summed E-state index contributed by atoms with van der Waals surface area (Å²) in [7, 11) is 0. The number of allylic oxidation sites excluding steroid dienone is 3. The fourth-order valence-corrected chi connectivity index (χ4v) is 4.37. The van der Waals surface area contributed by atoms with Crippen LogP contribution in [-0.4, -0.2) is 23.8 Å². The molecule has 2 nitrogen and oxygen atoms in total. The Kier molecular flexibility index (Phi) is 8.59. The second-order valence-corrected chi connectivity index (χ2v) is 9.14. The first kappa shape index (κ1) is 27.9. The van der Waals surface area contributed by atoms with Gasteiger partial charge in [-0.05, 0) is 56.7 Å². The van der Waals surface area contributed by atoms with Crippen LogP contribution in [0.5, 0.6) is 0 Å². The summed E-state index contributed by atoms with van der Waals surface area (Å²) in [6.45, 7) is 10.0. The van der Waals surface area contributed by atoms with Gasteiger partial charge in [-0.25, -0.2) is 4.99 Å². The molecule has 8 heteroatoms. The molecule has 0 bridgehead atoms. The lowest BCUT2D eigenvalue weighted by Gasteiger charge is -2.20. The molecule has 0 saturated heterocycles. The minimum absolute atomic E-state index is 0.00708. The van der Waals surface area contributed by atoms with Crippen molar-refractivity contribution in [1.29, 1.82) is 0 Å². The highest BCUT2D eigenvalue weighted by molar-refractivity contribution is 6.00. The lowest BCUT2D eigenvalue weighted by Crippen LogP contribution is -2.23. The molecule has 1 aromatic rings. The van der Waals surface area contributed by atoms with Gasteiger partial charge in [0.05, 0.1) is 5.92 Å². The van der Waals surface area contributed by atoms with E-state index in [9.17, 15) is 31.1 Å². The van der Waals surface area contributed by atoms with Crippen LogP contribution in [0.2, 0.25) is 0 Å². The molecule has 0 N–H and O–H groups in total. The SMILES string of the molecule is C=C(N=C(/C=C\C)C(F)(F)F)C1(CCC(=O)c2cc(C)ccc2CC(C)C(F)(F)F)CC1CC. The molecular weight excluding hydrogens is 456 g/mol. The summed E-state index contributed by atoms with van der Waals surface area (Å²) in [4.78, 5) is 16.9. The number of carbonyl (C=O) groups is 1. The number of hydrogen-bond acceptors (Lipinski definition) is 2. The van der Waals surface area contributed by atoms with Gasteiger partial charge in [0, 0.05) is 23.1 Å². The van der Waals surface area contributed by atoms with Crippen molar-refractivity contribution >= 4 is 11.5 Å². The van der Waals surface area contributed by atoms with Crippen LogP contribution < -0.4 is 0 Å². The molecule has 1 aliphatic rings. The Hall–Kier alpha value is -2.38. The van der Waals surface area contributed by atoms with E-state index in [2.05, 4.69) is 11.6 Å². The summed E-state index contributed by atoms with van der Waals surface area (Å²) < 4.78 is 79.2. The van der Waals surface area contributed by atoms with E-state index in [-0.39, 0.29) is 42.2 Å². The first-order valence-electron chi connectivity index (χ1n) is 11.3. The highest BCUT2D eigenvalue weighted by atomic mass is 19.4. The molecule has 0 aliphatic heterocycles. The zero-order chi connectivity index (χ0) is 25.9. The predicted molar refractivity (Wildman–Crippen MR) is 122 cm³/mol. The van der Waals surface area contributed by atoms with E-state index < -0.39 is 29.4 Å². The topological polar surface area (TPSA) is 29.4 Å². The molecule has 3 atom stereocenters. The first-order chi connectivity index (χ1) is 15.7. The maximum absolute atomic E-state index is 13.3. The molecule has 3 unspecified atom stereocenters. The van der Waals surface area contributed by atoms with Crippen LogP contribution in [0.25, 0.3) is 0 Å². The average molecular weight is 488 g/mol. The molecule has 1 aromatic carbocycles. The van der Waals surface area contributed by atoms with Gasteiger partial charge < -0.3 is 0 Å². The average Bonchev–Trinajstić information content (AvgIpc) is 3.46. The summed E-state index contributed by atoms with van der Waals surface area (Å²) in [5.74, 6) is -1.88. The Morgan fingerprint density at radius 3 is 2.41 bits per heavy atom. The van der Waals surface area contributed by atoms with Crippen LogP contribution in [-0.2, 0) is 6.42 Å². The van der Waals surface area contributed by atoms with Gasteiger partial charge in [-0.15, -0.1) is 0 Å². The highest BCUT2D eigenvalue weighted by Gasteiger charge is 2.55. The van der Waals surface area contributed by atoms with Crippen LogP contribution in [0.1, 0.15) is 67.9 Å². The molecular formula is C26H31F6NO. The van der Waals surface area contributed by atoms with E-state index in [1.807, 2.05) is 6.92 Å². The van der Waals surface area contributed by atoms with Crippen molar-refractivity contribution in [2.75, 3.05) is 0 Å². The van der Waals surface area contributed by atoms with Crippen molar-refractivity contribution in [1.82, 2.24) is 0 Å². The van der Waals surface area contributed by atoms with E-state index in [4.69, 9.17) is 0 Å². The molecule has 1 aliphatic carbocycles. The highest BCUT2D eigenvalue weighted by Crippen LogP contribution is 2.62. The third-order valence-electron chi connectivity index (χ3n) is 6.62. The number of aryl methyl sites for hydroxylation is 1. The van der Waals surface area contributed by atoms with Crippen molar-refractivity contribution in [2.45, 2.75) is 72.2 Å². The number of halogens is 6. The normalized spacial score (nSPS) is 22.2. The fourth-order valence-electron chi connectivity index (χ4n) is 4.37. The van der Waals surface area contributed by atoms with Crippen LogP contribution in [0, 0.1) is 24.2 Å². The zero-order valence-electron chi connectivity index (χ0n) is 19.9. The molecule has 34 heavy (non-hydrogen) atoms. The Morgan fingerprint density at radius 2 is 1.91 bits per heavy atom. The van der Waals surface area contributed by atoms with Gasteiger partial charge in [-0.1, -0.05) is 50.6 Å². The smallest absolute Gasteiger partial charge is 0.294 e. The summed E-state index contributed by atoms with van der Waals surface area (Å²) in [6.07, 6.45) is -5.68. The molecule has 0 heterocycles. The number of carbonyl (C=O) groups excluding carboxylic acids is 1. The summed E-state index contributed by atoms with van der Waals surface area (Å²) in [5.41, 5.74) is -0.372. The van der Waals surface area contributed by atoms with Gasteiger partial charge in [0.15, 0.2) is 5.78 Å². The molecule has 0 spiro atoms. The molecule has 2 rings (SSSR count). The van der Waals surface area contributed by atoms with Gasteiger partial charge in [0.2, 0.25) is 0 Å². The molecule has 1 saturated carbocycles. The minimum Gasteiger partial charge on any atom is -0.294 e. The maximum atomic E-state index is 13.3. The van der Waals surface area contributed by atoms with Crippen LogP contribution >= 0.6 is 0 Å². The molecule has 0 aromatic heterocycles. The van der Waals surface area contributed by atoms with Crippen molar-refractivity contribution in [3.8, 4) is 0 Å². The molecule has 1 fully saturated rings. The first-order valence-corrected chi connectivity index (χ1v) is 11.3. The van der Waals surface area contributed by atoms with Gasteiger partial charge in [-0.3, -0.25) is 4.79 Å². The summed E-state index contributed by atoms with van der Waals surface area (Å²) >= 11 is 0. The Balaban J connectivity index is 2.26. The third kappa shape index (κ3) is 6.60. The summed E-state index contributed by atoms with van der Waals surface area (Å²) in [6, 6.07) is 4.79. The molecule has 188 valence electrons. The van der Waals surface area contributed by atoms with Crippen molar-refractivity contribution in [2.24, 2.45) is 22.2 Å². The predicted octanol–water partition coefficient (Wildman–Crippen LogP) is 8.21. The van der Waals surface area contributed by atoms with E-state index in [1.54, 1.807) is 25.1 Å². The Labute approximate surface area is 196 Å². The number of ketones is 1.